The predicted molar refractivity (Wildman–Crippen MR) is 74.9 cm³/mol. The third-order valence-corrected chi connectivity index (χ3v) is 2.81. The second-order valence-electron chi connectivity index (χ2n) is 4.16. The van der Waals surface area contributed by atoms with Crippen LogP contribution in [0.25, 0.3) is 0 Å². The summed E-state index contributed by atoms with van der Waals surface area (Å²) in [6, 6.07) is 7.05. The van der Waals surface area contributed by atoms with Gasteiger partial charge in [-0.05, 0) is 19.4 Å². The van der Waals surface area contributed by atoms with Gasteiger partial charge in [0.15, 0.2) is 6.10 Å². The Morgan fingerprint density at radius 2 is 2.21 bits per heavy atom. The molecule has 1 rings (SSSR count). The van der Waals surface area contributed by atoms with Gasteiger partial charge in [-0.25, -0.2) is 0 Å². The molecule has 106 valence electrons. The van der Waals surface area contributed by atoms with Gasteiger partial charge in [0, 0.05) is 10.6 Å². The Bertz CT molecular complexity index is 424. The number of ether oxygens (including phenoxy) is 1. The molecular formula is C13H19ClN2O3. The molecule has 0 aliphatic heterocycles. The van der Waals surface area contributed by atoms with E-state index in [1.807, 2.05) is 6.92 Å². The molecule has 0 fully saturated rings. The van der Waals surface area contributed by atoms with Gasteiger partial charge in [0.25, 0.3) is 0 Å². The minimum absolute atomic E-state index is 0.482. The fraction of sp³-hybridized carbons (Fsp3) is 0.462. The van der Waals surface area contributed by atoms with Crippen LogP contribution >= 0.6 is 11.6 Å². The molecular weight excluding hydrogens is 268 g/mol. The normalized spacial score (nSPS) is 14.8. The van der Waals surface area contributed by atoms with Crippen molar-refractivity contribution in [2.45, 2.75) is 32.5 Å². The van der Waals surface area contributed by atoms with E-state index in [0.717, 1.165) is 12.8 Å². The maximum Gasteiger partial charge on any atom is 0.365 e. The maximum atomic E-state index is 11.4. The summed E-state index contributed by atoms with van der Waals surface area (Å²) in [6.07, 6.45) is 0.345. The number of aliphatic hydroxyl groups excluding tert-OH is 1. The third kappa shape index (κ3) is 4.96. The van der Waals surface area contributed by atoms with Gasteiger partial charge >= 0.3 is 6.40 Å². The number of nitrogens with zero attached hydrogens (tertiary/aromatic N) is 1. The van der Waals surface area contributed by atoms with Gasteiger partial charge in [0.2, 0.25) is 0 Å². The van der Waals surface area contributed by atoms with Gasteiger partial charge < -0.3 is 15.1 Å². The van der Waals surface area contributed by atoms with Gasteiger partial charge in [0.1, 0.15) is 0 Å². The molecule has 6 heteroatoms. The molecule has 0 heterocycles. The van der Waals surface area contributed by atoms with Crippen molar-refractivity contribution in [3.8, 4) is 0 Å². The van der Waals surface area contributed by atoms with Gasteiger partial charge in [-0.3, -0.25) is 0 Å². The highest BCUT2D eigenvalue weighted by Crippen LogP contribution is 2.27. The topological polar surface area (TPSA) is 67.6 Å². The summed E-state index contributed by atoms with van der Waals surface area (Å²) in [5.74, 6) is 0. The molecule has 0 aromatic heterocycles. The summed E-state index contributed by atoms with van der Waals surface area (Å²) < 4.78 is 5.32. The maximum absolute atomic E-state index is 11.4. The first-order chi connectivity index (χ1) is 9.06. The van der Waals surface area contributed by atoms with Crippen molar-refractivity contribution in [3.63, 3.8) is 0 Å². The Kier molecular flexibility index (Phi) is 6.45. The SMILES string of the molecule is CCCN/[N+]([O-])=C\O[C@@H](c1ccccc1Cl)[C@H](C)O. The lowest BCUT2D eigenvalue weighted by Crippen LogP contribution is -2.28. The van der Waals surface area contributed by atoms with E-state index in [2.05, 4.69) is 5.43 Å². The lowest BCUT2D eigenvalue weighted by Gasteiger charge is -2.19. The van der Waals surface area contributed by atoms with E-state index in [4.69, 9.17) is 16.3 Å². The van der Waals surface area contributed by atoms with Crippen molar-refractivity contribution in [1.82, 2.24) is 5.43 Å². The molecule has 0 spiro atoms. The van der Waals surface area contributed by atoms with Crippen molar-refractivity contribution in [1.29, 1.82) is 0 Å². The molecule has 0 radical (unpaired) electrons. The zero-order valence-corrected chi connectivity index (χ0v) is 11.8. The third-order valence-electron chi connectivity index (χ3n) is 2.47. The molecule has 0 aliphatic rings. The molecule has 0 amide bonds. The predicted octanol–water partition coefficient (Wildman–Crippen LogP) is 2.23. The van der Waals surface area contributed by atoms with Gasteiger partial charge in [-0.2, -0.15) is 5.43 Å². The van der Waals surface area contributed by atoms with Crippen LogP contribution in [0.4, 0.5) is 0 Å². The van der Waals surface area contributed by atoms with Gasteiger partial charge in [-0.15, -0.1) is 0 Å². The van der Waals surface area contributed by atoms with Crippen LogP contribution < -0.4 is 5.43 Å². The first-order valence-corrected chi connectivity index (χ1v) is 6.55. The first-order valence-electron chi connectivity index (χ1n) is 6.17. The smallest absolute Gasteiger partial charge is 0.365 e. The quantitative estimate of drug-likeness (QED) is 0.265. The number of halogens is 1. The Hall–Kier alpha value is -1.46. The van der Waals surface area contributed by atoms with Gasteiger partial charge in [-0.1, -0.05) is 41.6 Å². The van der Waals surface area contributed by atoms with Gasteiger partial charge in [0.05, 0.1) is 12.6 Å². The minimum Gasteiger partial charge on any atom is -0.594 e. The number of benzene rings is 1. The zero-order valence-electron chi connectivity index (χ0n) is 11.0. The largest absolute Gasteiger partial charge is 0.594 e. The lowest BCUT2D eigenvalue weighted by molar-refractivity contribution is -0.527. The van der Waals surface area contributed by atoms with Crippen LogP contribution in [-0.2, 0) is 4.74 Å². The number of hydrogen-bond acceptors (Lipinski definition) is 4. The van der Waals surface area contributed by atoms with Crippen molar-refractivity contribution in [3.05, 3.63) is 40.1 Å². The van der Waals surface area contributed by atoms with Crippen molar-refractivity contribution in [2.24, 2.45) is 0 Å². The number of hydrogen-bond donors (Lipinski definition) is 2. The van der Waals surface area contributed by atoms with Crippen LogP contribution in [0.3, 0.4) is 0 Å². The van der Waals surface area contributed by atoms with Crippen molar-refractivity contribution >= 4 is 18.0 Å². The van der Waals surface area contributed by atoms with Crippen molar-refractivity contribution in [2.75, 3.05) is 6.54 Å². The summed E-state index contributed by atoms with van der Waals surface area (Å²) >= 11 is 6.05. The highest BCUT2D eigenvalue weighted by molar-refractivity contribution is 6.31. The standard InChI is InChI=1S/C13H19ClN2O3/c1-3-8-15-16(18)9-19-13(10(2)17)11-6-4-5-7-12(11)14/h4-7,9-10,13,15,17H,3,8H2,1-2H3/b16-9+/t10-,13+/m0/s1. The Morgan fingerprint density at radius 3 is 2.79 bits per heavy atom. The summed E-state index contributed by atoms with van der Waals surface area (Å²) in [5.41, 5.74) is 3.21. The fourth-order valence-electron chi connectivity index (χ4n) is 1.53. The van der Waals surface area contributed by atoms with Crippen LogP contribution in [0, 0.1) is 5.21 Å². The number of hydrazone groups is 1. The molecule has 5 nitrogen and oxygen atoms in total. The molecule has 0 saturated heterocycles. The first kappa shape index (κ1) is 15.6. The number of nitrogens with one attached hydrogen (secondary N) is 1. The highest BCUT2D eigenvalue weighted by Gasteiger charge is 2.21. The van der Waals surface area contributed by atoms with E-state index >= 15 is 0 Å². The second kappa shape index (κ2) is 7.86. The summed E-state index contributed by atoms with van der Waals surface area (Å²) in [6.45, 7) is 4.08. The molecule has 2 atom stereocenters. The molecule has 1 aromatic carbocycles. The van der Waals surface area contributed by atoms with E-state index in [9.17, 15) is 10.3 Å². The Balaban J connectivity index is 2.77. The average Bonchev–Trinajstić information content (AvgIpc) is 2.38. The van der Waals surface area contributed by atoms with E-state index in [0.29, 0.717) is 22.0 Å². The zero-order chi connectivity index (χ0) is 14.3. The molecule has 0 saturated carbocycles. The second-order valence-corrected chi connectivity index (χ2v) is 4.57. The fourth-order valence-corrected chi connectivity index (χ4v) is 1.78. The summed E-state index contributed by atoms with van der Waals surface area (Å²) in [7, 11) is 0. The molecule has 0 bridgehead atoms. The highest BCUT2D eigenvalue weighted by atomic mass is 35.5. The Labute approximate surface area is 118 Å². The monoisotopic (exact) mass is 286 g/mol. The van der Waals surface area contributed by atoms with E-state index in [-0.39, 0.29) is 0 Å². The molecule has 2 N–H and O–H groups in total. The van der Waals surface area contributed by atoms with E-state index in [1.54, 1.807) is 31.2 Å². The van der Waals surface area contributed by atoms with Crippen LogP contribution in [0.2, 0.25) is 5.02 Å². The lowest BCUT2D eigenvalue weighted by atomic mass is 10.1. The number of aliphatic hydroxyl groups is 1. The van der Waals surface area contributed by atoms with Crippen LogP contribution in [-0.4, -0.2) is 29.0 Å². The molecule has 19 heavy (non-hydrogen) atoms. The molecule has 1 aromatic rings. The van der Waals surface area contributed by atoms with Crippen LogP contribution in [0.5, 0.6) is 0 Å². The number of hydrazine groups is 1. The molecule has 0 unspecified atom stereocenters. The van der Waals surface area contributed by atoms with Crippen LogP contribution in [0.15, 0.2) is 24.3 Å². The number of rotatable bonds is 7. The van der Waals surface area contributed by atoms with E-state index in [1.165, 1.54) is 0 Å². The Morgan fingerprint density at radius 1 is 1.53 bits per heavy atom. The average molecular weight is 287 g/mol. The van der Waals surface area contributed by atoms with Crippen LogP contribution in [0.1, 0.15) is 31.9 Å². The minimum atomic E-state index is -0.796. The van der Waals surface area contributed by atoms with Crippen molar-refractivity contribution < 1.29 is 14.7 Å². The molecule has 0 aliphatic carbocycles. The summed E-state index contributed by atoms with van der Waals surface area (Å²) in [4.78, 5) is 0.482. The summed E-state index contributed by atoms with van der Waals surface area (Å²) in [5, 5.41) is 21.6. The van der Waals surface area contributed by atoms with E-state index < -0.39 is 12.2 Å².